The second-order valence-corrected chi connectivity index (χ2v) is 4.69. The van der Waals surface area contributed by atoms with Gasteiger partial charge in [0.25, 0.3) is 0 Å². The Hall–Kier alpha value is -1.39. The zero-order valence-electron chi connectivity index (χ0n) is 9.26. The van der Waals surface area contributed by atoms with E-state index in [-0.39, 0.29) is 0 Å². The first-order valence-corrected chi connectivity index (χ1v) is 6.06. The highest BCUT2D eigenvalue weighted by atomic mass is 32.1. The first kappa shape index (κ1) is 11.1. The molecule has 0 aliphatic carbocycles. The van der Waals surface area contributed by atoms with Gasteiger partial charge in [-0.25, -0.2) is 4.98 Å². The molecule has 0 aliphatic rings. The van der Waals surface area contributed by atoms with E-state index >= 15 is 0 Å². The minimum atomic E-state index is 0.558. The summed E-state index contributed by atoms with van der Waals surface area (Å²) in [7, 11) is 2.04. The molecule has 0 fully saturated rings. The van der Waals surface area contributed by atoms with E-state index < -0.39 is 0 Å². The van der Waals surface area contributed by atoms with Gasteiger partial charge in [0.2, 0.25) is 0 Å². The molecule has 0 bridgehead atoms. The predicted octanol–water partition coefficient (Wildman–Crippen LogP) is 2.24. The third kappa shape index (κ3) is 2.59. The third-order valence-corrected chi connectivity index (χ3v) is 3.27. The van der Waals surface area contributed by atoms with Crippen molar-refractivity contribution in [1.29, 1.82) is 0 Å². The lowest BCUT2D eigenvalue weighted by Gasteiger charge is -2.17. The Balaban J connectivity index is 2.11. The van der Waals surface area contributed by atoms with Gasteiger partial charge in [-0.15, -0.1) is 11.3 Å². The Bertz CT molecular complexity index is 439. The highest BCUT2D eigenvalue weighted by molar-refractivity contribution is 7.09. The Morgan fingerprint density at radius 2 is 2.31 bits per heavy atom. The van der Waals surface area contributed by atoms with E-state index in [1.54, 1.807) is 11.3 Å². The molecule has 3 nitrogen and oxygen atoms in total. The van der Waals surface area contributed by atoms with Gasteiger partial charge in [-0.1, -0.05) is 6.07 Å². The van der Waals surface area contributed by atoms with E-state index in [4.69, 9.17) is 5.73 Å². The Labute approximate surface area is 99.5 Å². The predicted molar refractivity (Wildman–Crippen MR) is 68.6 cm³/mol. The Morgan fingerprint density at radius 1 is 1.44 bits per heavy atom. The van der Waals surface area contributed by atoms with E-state index in [0.717, 1.165) is 17.9 Å². The number of nitrogens with two attached hydrogens (primary N) is 1. The summed E-state index contributed by atoms with van der Waals surface area (Å²) in [4.78, 5) is 7.81. The van der Waals surface area contributed by atoms with Crippen molar-refractivity contribution in [2.45, 2.75) is 13.1 Å². The molecule has 0 radical (unpaired) electrons. The van der Waals surface area contributed by atoms with Crippen LogP contribution in [0.3, 0.4) is 0 Å². The van der Waals surface area contributed by atoms with Crippen molar-refractivity contribution in [3.05, 3.63) is 46.3 Å². The summed E-state index contributed by atoms with van der Waals surface area (Å²) in [6, 6.07) is 8.18. The monoisotopic (exact) mass is 233 g/mol. The van der Waals surface area contributed by atoms with E-state index in [1.807, 2.05) is 25.4 Å². The molecule has 0 amide bonds. The number of nitrogens with zero attached hydrogens (tertiary/aromatic N) is 2. The van der Waals surface area contributed by atoms with Gasteiger partial charge < -0.3 is 10.6 Å². The standard InChI is InChI=1S/C12H15N3S/c1-15(9-11-3-2-6-16-11)12-7-10(8-13)4-5-14-12/h2-7H,8-9,13H2,1H3. The maximum atomic E-state index is 5.61. The van der Waals surface area contributed by atoms with Gasteiger partial charge in [0.05, 0.1) is 6.54 Å². The van der Waals surface area contributed by atoms with Gasteiger partial charge in [0.15, 0.2) is 0 Å². The van der Waals surface area contributed by atoms with Crippen molar-refractivity contribution < 1.29 is 0 Å². The van der Waals surface area contributed by atoms with Crippen LogP contribution in [0.1, 0.15) is 10.4 Å². The van der Waals surface area contributed by atoms with Crippen LogP contribution < -0.4 is 10.6 Å². The van der Waals surface area contributed by atoms with Crippen molar-refractivity contribution in [3.63, 3.8) is 0 Å². The lowest BCUT2D eigenvalue weighted by molar-refractivity contribution is 0.906. The molecule has 84 valence electrons. The number of rotatable bonds is 4. The number of hydrogen-bond acceptors (Lipinski definition) is 4. The van der Waals surface area contributed by atoms with E-state index in [9.17, 15) is 0 Å². The lowest BCUT2D eigenvalue weighted by atomic mass is 10.2. The second kappa shape index (κ2) is 5.09. The molecule has 0 spiro atoms. The van der Waals surface area contributed by atoms with Crippen molar-refractivity contribution in [2.75, 3.05) is 11.9 Å². The lowest BCUT2D eigenvalue weighted by Crippen LogP contribution is -2.17. The van der Waals surface area contributed by atoms with Gasteiger partial charge in [-0.2, -0.15) is 0 Å². The maximum absolute atomic E-state index is 5.61. The first-order valence-electron chi connectivity index (χ1n) is 5.18. The number of pyridine rings is 1. The van der Waals surface area contributed by atoms with Crippen LogP contribution in [0, 0.1) is 0 Å². The van der Waals surface area contributed by atoms with E-state index in [1.165, 1.54) is 4.88 Å². The SMILES string of the molecule is CN(Cc1cccs1)c1cc(CN)ccn1. The zero-order chi connectivity index (χ0) is 11.4. The quantitative estimate of drug-likeness (QED) is 0.880. The largest absolute Gasteiger partial charge is 0.355 e. The second-order valence-electron chi connectivity index (χ2n) is 3.66. The fourth-order valence-corrected chi connectivity index (χ4v) is 2.27. The molecule has 2 heterocycles. The van der Waals surface area contributed by atoms with Gasteiger partial charge in [-0.3, -0.25) is 0 Å². The summed E-state index contributed by atoms with van der Waals surface area (Å²) in [5.41, 5.74) is 6.72. The molecule has 4 heteroatoms. The van der Waals surface area contributed by atoms with Crippen molar-refractivity contribution in [1.82, 2.24) is 4.98 Å². The number of anilines is 1. The molecule has 0 aromatic carbocycles. The highest BCUT2D eigenvalue weighted by Gasteiger charge is 2.04. The van der Waals surface area contributed by atoms with E-state index in [2.05, 4.69) is 27.4 Å². The average molecular weight is 233 g/mol. The smallest absolute Gasteiger partial charge is 0.128 e. The Kier molecular flexibility index (Phi) is 3.54. The molecule has 0 aliphatic heterocycles. The summed E-state index contributed by atoms with van der Waals surface area (Å²) < 4.78 is 0. The normalized spacial score (nSPS) is 10.4. The summed E-state index contributed by atoms with van der Waals surface area (Å²) in [5.74, 6) is 0.969. The van der Waals surface area contributed by atoms with Crippen LogP contribution in [0.5, 0.6) is 0 Å². The van der Waals surface area contributed by atoms with Gasteiger partial charge in [0.1, 0.15) is 5.82 Å². The topological polar surface area (TPSA) is 42.1 Å². The zero-order valence-corrected chi connectivity index (χ0v) is 10.1. The van der Waals surface area contributed by atoms with Crippen LogP contribution in [0.4, 0.5) is 5.82 Å². The molecule has 0 saturated carbocycles. The van der Waals surface area contributed by atoms with Gasteiger partial charge >= 0.3 is 0 Å². The third-order valence-electron chi connectivity index (χ3n) is 2.41. The average Bonchev–Trinajstić information content (AvgIpc) is 2.82. The molecule has 16 heavy (non-hydrogen) atoms. The summed E-state index contributed by atoms with van der Waals surface area (Å²) in [6.45, 7) is 1.45. The molecule has 2 rings (SSSR count). The minimum Gasteiger partial charge on any atom is -0.355 e. The highest BCUT2D eigenvalue weighted by Crippen LogP contribution is 2.16. The minimum absolute atomic E-state index is 0.558. The Morgan fingerprint density at radius 3 is 3.00 bits per heavy atom. The molecule has 0 atom stereocenters. The summed E-state index contributed by atoms with van der Waals surface area (Å²) in [6.07, 6.45) is 1.81. The molecule has 2 N–H and O–H groups in total. The maximum Gasteiger partial charge on any atom is 0.128 e. The van der Waals surface area contributed by atoms with Crippen molar-refractivity contribution in [2.24, 2.45) is 5.73 Å². The van der Waals surface area contributed by atoms with Crippen LogP contribution in [0.15, 0.2) is 35.8 Å². The fourth-order valence-electron chi connectivity index (χ4n) is 1.51. The number of aromatic nitrogens is 1. The van der Waals surface area contributed by atoms with Crippen LogP contribution in [-0.4, -0.2) is 12.0 Å². The van der Waals surface area contributed by atoms with Gasteiger partial charge in [0, 0.05) is 24.7 Å². The van der Waals surface area contributed by atoms with Crippen LogP contribution >= 0.6 is 11.3 Å². The summed E-state index contributed by atoms with van der Waals surface area (Å²) in [5, 5.41) is 2.09. The fraction of sp³-hybridized carbons (Fsp3) is 0.250. The molecule has 2 aromatic rings. The van der Waals surface area contributed by atoms with Crippen molar-refractivity contribution in [3.8, 4) is 0 Å². The van der Waals surface area contributed by atoms with Gasteiger partial charge in [-0.05, 0) is 29.1 Å². The van der Waals surface area contributed by atoms with Crippen LogP contribution in [-0.2, 0) is 13.1 Å². The molecular weight excluding hydrogens is 218 g/mol. The van der Waals surface area contributed by atoms with Crippen LogP contribution in [0.2, 0.25) is 0 Å². The molecule has 0 unspecified atom stereocenters. The first-order chi connectivity index (χ1) is 7.79. The molecule has 0 saturated heterocycles. The number of thiophene rings is 1. The van der Waals surface area contributed by atoms with Crippen molar-refractivity contribution >= 4 is 17.2 Å². The van der Waals surface area contributed by atoms with Crippen LogP contribution in [0.25, 0.3) is 0 Å². The molecule has 2 aromatic heterocycles. The summed E-state index contributed by atoms with van der Waals surface area (Å²) >= 11 is 1.76. The number of hydrogen-bond donors (Lipinski definition) is 1. The van der Waals surface area contributed by atoms with E-state index in [0.29, 0.717) is 6.54 Å². The molecular formula is C12H15N3S.